The van der Waals surface area contributed by atoms with Gasteiger partial charge < -0.3 is 29.5 Å². The van der Waals surface area contributed by atoms with Crippen LogP contribution in [-0.2, 0) is 28.7 Å². The maximum Gasteiger partial charge on any atom is 0.417 e. The van der Waals surface area contributed by atoms with E-state index in [0.29, 0.717) is 22.6 Å². The number of nitrogens with zero attached hydrogens (tertiary/aromatic N) is 3. The number of hydrogen-bond donors (Lipinski definition) is 2. The van der Waals surface area contributed by atoms with Gasteiger partial charge in [-0.1, -0.05) is 37.1 Å². The van der Waals surface area contributed by atoms with Crippen LogP contribution in [0.1, 0.15) is 58.4 Å². The molecule has 0 aromatic heterocycles. The highest BCUT2D eigenvalue weighted by Crippen LogP contribution is 2.38. The minimum absolute atomic E-state index is 0.0593. The molecular formula is C35H36ClF3N4O10. The molecule has 0 spiro atoms. The van der Waals surface area contributed by atoms with Crippen LogP contribution in [0.5, 0.6) is 17.2 Å². The molecule has 1 saturated heterocycles. The summed E-state index contributed by atoms with van der Waals surface area (Å²) in [6, 6.07) is 7.59. The molecule has 0 saturated carbocycles. The summed E-state index contributed by atoms with van der Waals surface area (Å²) in [6.45, 7) is 0.468. The van der Waals surface area contributed by atoms with Crippen molar-refractivity contribution >= 4 is 41.1 Å². The Morgan fingerprint density at radius 1 is 1.06 bits per heavy atom. The van der Waals surface area contributed by atoms with E-state index in [2.05, 4.69) is 5.32 Å². The first-order chi connectivity index (χ1) is 25.0. The number of nitro benzene ring substituents is 1. The molecule has 3 aromatic rings. The van der Waals surface area contributed by atoms with Crippen LogP contribution in [0.2, 0.25) is 5.02 Å². The van der Waals surface area contributed by atoms with Gasteiger partial charge in [-0.25, -0.2) is 9.59 Å². The minimum Gasteiger partial charge on any atom is -0.496 e. The molecular weight excluding hydrogens is 729 g/mol. The summed E-state index contributed by atoms with van der Waals surface area (Å²) in [5, 5.41) is 23.2. The van der Waals surface area contributed by atoms with Crippen LogP contribution < -0.4 is 19.5 Å². The normalized spacial score (nSPS) is 15.4. The molecule has 2 N–H and O–H groups in total. The molecule has 3 aromatic carbocycles. The molecule has 1 fully saturated rings. The standard InChI is InChI=1S/C35H36ClF3N4O10/c1-5-6-27(20-8-9-23(33(46)47)28(13-20)43(49)50)40-34(48)42-18-31(44)41(17-24-29(52-3)14-22(51-2)15-30(24)53-4)16-21(32(42)45)11-19-7-10-26(36)25(12-19)35(37,38)39/h7-10,12-15,21,27H,5-6,11,16-18H2,1-4H3,(H,40,48)(H,46,47)/t21-,27+/m0/s1. The lowest BCUT2D eigenvalue weighted by Gasteiger charge is -2.26. The van der Waals surface area contributed by atoms with Gasteiger partial charge in [-0.2, -0.15) is 13.2 Å². The molecule has 0 aliphatic carbocycles. The Labute approximate surface area is 306 Å². The lowest BCUT2D eigenvalue weighted by Crippen LogP contribution is -2.48. The Bertz CT molecular complexity index is 1880. The highest BCUT2D eigenvalue weighted by molar-refractivity contribution is 6.31. The number of hydrogen-bond acceptors (Lipinski definition) is 9. The fourth-order valence-electron chi connectivity index (χ4n) is 6.02. The zero-order valence-electron chi connectivity index (χ0n) is 29.0. The summed E-state index contributed by atoms with van der Waals surface area (Å²) in [5.41, 5.74) is -1.80. The summed E-state index contributed by atoms with van der Waals surface area (Å²) in [6.07, 6.45) is -4.50. The van der Waals surface area contributed by atoms with Gasteiger partial charge in [-0.3, -0.25) is 24.6 Å². The van der Waals surface area contributed by atoms with Gasteiger partial charge in [0.05, 0.1) is 60.9 Å². The summed E-state index contributed by atoms with van der Waals surface area (Å²) in [5.74, 6) is -3.42. The molecule has 18 heteroatoms. The fourth-order valence-corrected chi connectivity index (χ4v) is 6.24. The Morgan fingerprint density at radius 3 is 2.26 bits per heavy atom. The summed E-state index contributed by atoms with van der Waals surface area (Å²) >= 11 is 5.83. The van der Waals surface area contributed by atoms with Crippen LogP contribution in [0.3, 0.4) is 0 Å². The van der Waals surface area contributed by atoms with Crippen LogP contribution >= 0.6 is 11.6 Å². The second-order valence-electron chi connectivity index (χ2n) is 12.1. The van der Waals surface area contributed by atoms with Gasteiger partial charge in [-0.15, -0.1) is 0 Å². The zero-order chi connectivity index (χ0) is 39.2. The zero-order valence-corrected chi connectivity index (χ0v) is 29.7. The van der Waals surface area contributed by atoms with E-state index < -0.39 is 75.3 Å². The van der Waals surface area contributed by atoms with Crippen LogP contribution in [0.25, 0.3) is 0 Å². The summed E-state index contributed by atoms with van der Waals surface area (Å²) < 4.78 is 57.6. The first kappa shape index (κ1) is 40.2. The minimum atomic E-state index is -4.80. The number of halogens is 4. The van der Waals surface area contributed by atoms with Crippen molar-refractivity contribution < 1.29 is 56.6 Å². The number of benzene rings is 3. The van der Waals surface area contributed by atoms with E-state index in [-0.39, 0.29) is 48.6 Å². The number of carboxylic acid groups (broad SMARTS) is 1. The molecule has 1 aliphatic rings. The Balaban J connectivity index is 1.75. The summed E-state index contributed by atoms with van der Waals surface area (Å²) in [7, 11) is 4.20. The average Bonchev–Trinajstić information content (AvgIpc) is 3.23. The van der Waals surface area contributed by atoms with Crippen molar-refractivity contribution in [2.24, 2.45) is 5.92 Å². The molecule has 0 radical (unpaired) electrons. The monoisotopic (exact) mass is 764 g/mol. The van der Waals surface area contributed by atoms with E-state index in [4.69, 9.17) is 25.8 Å². The van der Waals surface area contributed by atoms with Gasteiger partial charge in [0.2, 0.25) is 11.8 Å². The first-order valence-electron chi connectivity index (χ1n) is 16.1. The van der Waals surface area contributed by atoms with Crippen molar-refractivity contribution in [3.63, 3.8) is 0 Å². The Hall–Kier alpha value is -5.58. The number of aromatic carboxylic acids is 1. The predicted octanol–water partition coefficient (Wildman–Crippen LogP) is 6.27. The lowest BCUT2D eigenvalue weighted by atomic mass is 9.96. The van der Waals surface area contributed by atoms with Gasteiger partial charge in [0.1, 0.15) is 29.4 Å². The molecule has 0 bridgehead atoms. The highest BCUT2D eigenvalue weighted by atomic mass is 35.5. The first-order valence-corrected chi connectivity index (χ1v) is 16.5. The smallest absolute Gasteiger partial charge is 0.417 e. The maximum atomic E-state index is 14.2. The number of urea groups is 1. The van der Waals surface area contributed by atoms with Gasteiger partial charge in [-0.05, 0) is 42.2 Å². The van der Waals surface area contributed by atoms with E-state index in [9.17, 15) is 47.6 Å². The Kier molecular flexibility index (Phi) is 12.8. The van der Waals surface area contributed by atoms with Crippen LogP contribution in [0.4, 0.5) is 23.7 Å². The second-order valence-corrected chi connectivity index (χ2v) is 12.5. The molecule has 284 valence electrons. The maximum absolute atomic E-state index is 14.2. The third-order valence-electron chi connectivity index (χ3n) is 8.66. The summed E-state index contributed by atoms with van der Waals surface area (Å²) in [4.78, 5) is 66.2. The number of imide groups is 1. The highest BCUT2D eigenvalue weighted by Gasteiger charge is 2.40. The van der Waals surface area contributed by atoms with Crippen molar-refractivity contribution in [2.45, 2.75) is 44.9 Å². The van der Waals surface area contributed by atoms with E-state index >= 15 is 0 Å². The number of nitrogens with one attached hydrogen (secondary N) is 1. The van der Waals surface area contributed by atoms with Crippen LogP contribution in [-0.4, -0.2) is 78.1 Å². The van der Waals surface area contributed by atoms with E-state index in [1.165, 1.54) is 38.4 Å². The third-order valence-corrected chi connectivity index (χ3v) is 8.99. The van der Waals surface area contributed by atoms with Crippen molar-refractivity contribution in [1.29, 1.82) is 0 Å². The fraction of sp³-hybridized carbons (Fsp3) is 0.371. The number of carbonyl (C=O) groups is 4. The van der Waals surface area contributed by atoms with Crippen LogP contribution in [0.15, 0.2) is 48.5 Å². The molecule has 4 rings (SSSR count). The van der Waals surface area contributed by atoms with Crippen molar-refractivity contribution in [2.75, 3.05) is 34.4 Å². The molecule has 2 atom stereocenters. The second kappa shape index (κ2) is 16.8. The number of ether oxygens (including phenoxy) is 3. The SMILES string of the molecule is CCC[C@@H](NC(=O)N1CC(=O)N(Cc2c(OC)cc(OC)cc2OC)C[C@H](Cc2ccc(Cl)c(C(F)(F)F)c2)C1=O)c1ccc(C(=O)O)c([N+](=O)[O-])c1. The molecule has 1 aliphatic heterocycles. The number of nitro groups is 1. The topological polar surface area (TPSA) is 178 Å². The molecule has 1 heterocycles. The van der Waals surface area contributed by atoms with Crippen LogP contribution in [0, 0.1) is 16.0 Å². The number of carboxylic acids is 1. The van der Waals surface area contributed by atoms with Crippen molar-refractivity contribution in [3.8, 4) is 17.2 Å². The number of amides is 4. The van der Waals surface area contributed by atoms with E-state index in [1.54, 1.807) is 19.1 Å². The van der Waals surface area contributed by atoms with Crippen molar-refractivity contribution in [1.82, 2.24) is 15.1 Å². The van der Waals surface area contributed by atoms with Gasteiger partial charge in [0, 0.05) is 24.7 Å². The van der Waals surface area contributed by atoms with Gasteiger partial charge in [0.15, 0.2) is 0 Å². The van der Waals surface area contributed by atoms with Gasteiger partial charge in [0.25, 0.3) is 5.69 Å². The van der Waals surface area contributed by atoms with Crippen molar-refractivity contribution in [3.05, 3.63) is 91.5 Å². The molecule has 14 nitrogen and oxygen atoms in total. The van der Waals surface area contributed by atoms with Gasteiger partial charge >= 0.3 is 18.2 Å². The number of rotatable bonds is 13. The number of methoxy groups -OCH3 is 3. The van der Waals surface area contributed by atoms with E-state index in [0.717, 1.165) is 24.3 Å². The lowest BCUT2D eigenvalue weighted by molar-refractivity contribution is -0.385. The number of alkyl halides is 3. The predicted molar refractivity (Wildman–Crippen MR) is 183 cm³/mol. The average molecular weight is 765 g/mol. The van der Waals surface area contributed by atoms with E-state index in [1.807, 2.05) is 0 Å². The molecule has 0 unspecified atom stereocenters. The quantitative estimate of drug-likeness (QED) is 0.149. The third kappa shape index (κ3) is 9.27. The largest absolute Gasteiger partial charge is 0.496 e. The molecule has 4 amide bonds. The Morgan fingerprint density at radius 2 is 1.72 bits per heavy atom. The molecule has 53 heavy (non-hydrogen) atoms. The number of carbonyl (C=O) groups excluding carboxylic acids is 3.